The van der Waals surface area contributed by atoms with Crippen LogP contribution in [0.4, 0.5) is 5.69 Å². The van der Waals surface area contributed by atoms with Gasteiger partial charge >= 0.3 is 0 Å². The molecule has 0 radical (unpaired) electrons. The van der Waals surface area contributed by atoms with Gasteiger partial charge in [-0.25, -0.2) is 4.68 Å². The minimum Gasteiger partial charge on any atom is -0.508 e. The highest BCUT2D eigenvalue weighted by atomic mass is 16.3. The molecular formula is C17H16N4O2. The Morgan fingerprint density at radius 3 is 2.65 bits per heavy atom. The molecule has 116 valence electrons. The van der Waals surface area contributed by atoms with E-state index in [2.05, 4.69) is 15.6 Å². The van der Waals surface area contributed by atoms with Gasteiger partial charge < -0.3 is 10.4 Å². The van der Waals surface area contributed by atoms with Gasteiger partial charge in [-0.05, 0) is 30.7 Å². The number of aromatic hydroxyl groups is 1. The maximum Gasteiger partial charge on any atom is 0.278 e. The first kappa shape index (κ1) is 14.8. The van der Waals surface area contributed by atoms with Gasteiger partial charge in [0.1, 0.15) is 5.75 Å². The first-order valence-corrected chi connectivity index (χ1v) is 7.29. The fourth-order valence-electron chi connectivity index (χ4n) is 2.35. The number of para-hydroxylation sites is 1. The largest absolute Gasteiger partial charge is 0.508 e. The number of phenols is 1. The van der Waals surface area contributed by atoms with Crippen molar-refractivity contribution in [3.05, 3.63) is 66.0 Å². The number of amides is 1. The Morgan fingerprint density at radius 2 is 1.96 bits per heavy atom. The maximum atomic E-state index is 12.4. The van der Waals surface area contributed by atoms with E-state index in [-0.39, 0.29) is 17.4 Å². The molecule has 0 spiro atoms. The van der Waals surface area contributed by atoms with Crippen molar-refractivity contribution in [3.8, 4) is 11.4 Å². The van der Waals surface area contributed by atoms with E-state index < -0.39 is 0 Å². The van der Waals surface area contributed by atoms with Crippen LogP contribution in [0.15, 0.2) is 54.6 Å². The number of rotatable bonds is 4. The van der Waals surface area contributed by atoms with E-state index in [0.29, 0.717) is 12.1 Å². The number of anilines is 1. The number of benzene rings is 2. The van der Waals surface area contributed by atoms with Crippen LogP contribution in [-0.2, 0) is 6.42 Å². The molecule has 6 heteroatoms. The van der Waals surface area contributed by atoms with E-state index in [0.717, 1.165) is 11.4 Å². The van der Waals surface area contributed by atoms with E-state index in [1.54, 1.807) is 22.9 Å². The molecule has 2 N–H and O–H groups in total. The van der Waals surface area contributed by atoms with Crippen LogP contribution in [0.2, 0.25) is 0 Å². The Balaban J connectivity index is 1.91. The predicted octanol–water partition coefficient (Wildman–Crippen LogP) is 2.79. The normalized spacial score (nSPS) is 10.5. The van der Waals surface area contributed by atoms with E-state index in [1.807, 2.05) is 37.3 Å². The number of carbonyl (C=O) groups is 1. The Kier molecular flexibility index (Phi) is 4.05. The summed E-state index contributed by atoms with van der Waals surface area (Å²) >= 11 is 0. The molecule has 6 nitrogen and oxygen atoms in total. The number of nitrogens with one attached hydrogen (secondary N) is 1. The minimum absolute atomic E-state index is 0.0893. The number of hydrogen-bond donors (Lipinski definition) is 2. The standard InChI is InChI=1S/C17H16N4O2/c1-2-15-16(17(23)18-12-7-6-10-14(22)11-12)19-20-21(15)13-8-4-3-5-9-13/h3-11,22H,2H2,1H3,(H,18,23). The molecule has 0 aliphatic heterocycles. The lowest BCUT2D eigenvalue weighted by Gasteiger charge is -2.07. The van der Waals surface area contributed by atoms with Crippen LogP contribution in [0, 0.1) is 0 Å². The van der Waals surface area contributed by atoms with Crippen molar-refractivity contribution in [1.29, 1.82) is 0 Å². The molecule has 2 aromatic carbocycles. The van der Waals surface area contributed by atoms with Crippen molar-refractivity contribution in [2.24, 2.45) is 0 Å². The number of phenolic OH excluding ortho intramolecular Hbond substituents is 1. The zero-order valence-corrected chi connectivity index (χ0v) is 12.6. The molecule has 0 unspecified atom stereocenters. The molecule has 3 rings (SSSR count). The van der Waals surface area contributed by atoms with Crippen molar-refractivity contribution in [1.82, 2.24) is 15.0 Å². The number of nitrogens with zero attached hydrogens (tertiary/aromatic N) is 3. The lowest BCUT2D eigenvalue weighted by molar-refractivity contribution is 0.102. The second-order valence-corrected chi connectivity index (χ2v) is 4.99. The third-order valence-corrected chi connectivity index (χ3v) is 3.42. The average Bonchev–Trinajstić information content (AvgIpc) is 2.99. The van der Waals surface area contributed by atoms with E-state index >= 15 is 0 Å². The average molecular weight is 308 g/mol. The molecule has 0 bridgehead atoms. The van der Waals surface area contributed by atoms with Crippen LogP contribution >= 0.6 is 0 Å². The Hall–Kier alpha value is -3.15. The molecule has 0 saturated carbocycles. The number of hydrogen-bond acceptors (Lipinski definition) is 4. The monoisotopic (exact) mass is 308 g/mol. The van der Waals surface area contributed by atoms with Gasteiger partial charge in [-0.1, -0.05) is 36.4 Å². The summed E-state index contributed by atoms with van der Waals surface area (Å²) < 4.78 is 1.66. The van der Waals surface area contributed by atoms with Gasteiger partial charge in [0.25, 0.3) is 5.91 Å². The molecule has 0 atom stereocenters. The first-order chi connectivity index (χ1) is 11.2. The van der Waals surface area contributed by atoms with Crippen LogP contribution in [0.1, 0.15) is 23.1 Å². The number of carbonyl (C=O) groups excluding carboxylic acids is 1. The second-order valence-electron chi connectivity index (χ2n) is 4.99. The molecule has 0 aliphatic carbocycles. The van der Waals surface area contributed by atoms with Crippen LogP contribution in [0.3, 0.4) is 0 Å². The summed E-state index contributed by atoms with van der Waals surface area (Å²) in [4.78, 5) is 12.4. The zero-order chi connectivity index (χ0) is 16.2. The van der Waals surface area contributed by atoms with Crippen molar-refractivity contribution < 1.29 is 9.90 Å². The molecule has 1 heterocycles. The lowest BCUT2D eigenvalue weighted by atomic mass is 10.2. The van der Waals surface area contributed by atoms with Crippen LogP contribution in [0.5, 0.6) is 5.75 Å². The molecule has 1 aromatic heterocycles. The van der Waals surface area contributed by atoms with Crippen LogP contribution in [-0.4, -0.2) is 26.0 Å². The van der Waals surface area contributed by atoms with Gasteiger partial charge in [0.2, 0.25) is 0 Å². The maximum absolute atomic E-state index is 12.4. The smallest absolute Gasteiger partial charge is 0.278 e. The lowest BCUT2D eigenvalue weighted by Crippen LogP contribution is -2.15. The van der Waals surface area contributed by atoms with Gasteiger partial charge in [0.05, 0.1) is 11.4 Å². The highest BCUT2D eigenvalue weighted by Gasteiger charge is 2.19. The molecule has 0 aliphatic rings. The molecule has 1 amide bonds. The Labute approximate surface area is 133 Å². The minimum atomic E-state index is -0.352. The van der Waals surface area contributed by atoms with Crippen LogP contribution in [0.25, 0.3) is 5.69 Å². The van der Waals surface area contributed by atoms with Crippen molar-refractivity contribution in [2.75, 3.05) is 5.32 Å². The molecule has 3 aromatic rings. The van der Waals surface area contributed by atoms with E-state index in [4.69, 9.17) is 0 Å². The SMILES string of the molecule is CCc1c(C(=O)Nc2cccc(O)c2)nnn1-c1ccccc1. The summed E-state index contributed by atoms with van der Waals surface area (Å²) in [5, 5.41) is 20.3. The first-order valence-electron chi connectivity index (χ1n) is 7.29. The summed E-state index contributed by atoms with van der Waals surface area (Å²) in [5.41, 5.74) is 2.37. The highest BCUT2D eigenvalue weighted by Crippen LogP contribution is 2.18. The molecule has 0 saturated heterocycles. The molecular weight excluding hydrogens is 292 g/mol. The summed E-state index contributed by atoms with van der Waals surface area (Å²) in [6, 6.07) is 15.9. The molecule has 0 fully saturated rings. The van der Waals surface area contributed by atoms with E-state index in [1.165, 1.54) is 6.07 Å². The Bertz CT molecular complexity index is 828. The van der Waals surface area contributed by atoms with Gasteiger partial charge in [-0.2, -0.15) is 0 Å². The van der Waals surface area contributed by atoms with E-state index in [9.17, 15) is 9.90 Å². The summed E-state index contributed by atoms with van der Waals surface area (Å²) in [5.74, 6) is -0.263. The Morgan fingerprint density at radius 1 is 1.17 bits per heavy atom. The quantitative estimate of drug-likeness (QED) is 0.776. The molecule has 23 heavy (non-hydrogen) atoms. The fourth-order valence-corrected chi connectivity index (χ4v) is 2.35. The van der Waals surface area contributed by atoms with Crippen molar-refractivity contribution in [2.45, 2.75) is 13.3 Å². The van der Waals surface area contributed by atoms with Gasteiger partial charge in [-0.3, -0.25) is 4.79 Å². The summed E-state index contributed by atoms with van der Waals surface area (Å²) in [7, 11) is 0. The van der Waals surface area contributed by atoms with Gasteiger partial charge in [-0.15, -0.1) is 5.10 Å². The van der Waals surface area contributed by atoms with Crippen molar-refractivity contribution >= 4 is 11.6 Å². The third kappa shape index (κ3) is 3.06. The zero-order valence-electron chi connectivity index (χ0n) is 12.6. The predicted molar refractivity (Wildman–Crippen MR) is 86.8 cm³/mol. The topological polar surface area (TPSA) is 80.0 Å². The third-order valence-electron chi connectivity index (χ3n) is 3.42. The van der Waals surface area contributed by atoms with Gasteiger partial charge in [0.15, 0.2) is 5.69 Å². The fraction of sp³-hybridized carbons (Fsp3) is 0.118. The highest BCUT2D eigenvalue weighted by molar-refractivity contribution is 6.03. The van der Waals surface area contributed by atoms with Crippen molar-refractivity contribution in [3.63, 3.8) is 0 Å². The van der Waals surface area contributed by atoms with Gasteiger partial charge in [0, 0.05) is 11.8 Å². The summed E-state index contributed by atoms with van der Waals surface area (Å²) in [6.07, 6.45) is 0.616. The number of aromatic nitrogens is 3. The second kappa shape index (κ2) is 6.31. The van der Waals surface area contributed by atoms with Crippen LogP contribution < -0.4 is 5.32 Å². The summed E-state index contributed by atoms with van der Waals surface area (Å²) in [6.45, 7) is 1.95.